The topological polar surface area (TPSA) is 81.8 Å². The summed E-state index contributed by atoms with van der Waals surface area (Å²) in [5.74, 6) is -0.677. The highest BCUT2D eigenvalue weighted by atomic mass is 35.5. The van der Waals surface area contributed by atoms with Gasteiger partial charge in [0, 0.05) is 12.1 Å². The van der Waals surface area contributed by atoms with Gasteiger partial charge in [0.15, 0.2) is 5.70 Å². The highest BCUT2D eigenvalue weighted by Crippen LogP contribution is 2.27. The number of hydrogen-bond acceptors (Lipinski definition) is 5. The molecule has 0 unspecified atom stereocenters. The summed E-state index contributed by atoms with van der Waals surface area (Å²) in [6.07, 6.45) is 1.61. The lowest BCUT2D eigenvalue weighted by atomic mass is 10.1. The van der Waals surface area contributed by atoms with E-state index in [1.807, 2.05) is 31.2 Å². The van der Waals surface area contributed by atoms with Gasteiger partial charge in [-0.15, -0.1) is 0 Å². The molecule has 1 aliphatic heterocycles. The summed E-state index contributed by atoms with van der Waals surface area (Å²) in [5.41, 5.74) is 1.97. The van der Waals surface area contributed by atoms with Gasteiger partial charge in [0.1, 0.15) is 0 Å². The SMILES string of the molecule is Cc1ccccc1/C=C1\N=C(c2cc([N+](=O)[O-])ccc2Cl)OC1=O. The molecule has 2 aromatic rings. The van der Waals surface area contributed by atoms with Crippen molar-refractivity contribution in [3.05, 3.63) is 80.0 Å². The number of cyclic esters (lactones) is 1. The molecule has 0 spiro atoms. The Kier molecular flexibility index (Phi) is 4.14. The summed E-state index contributed by atoms with van der Waals surface area (Å²) in [5, 5.41) is 11.1. The van der Waals surface area contributed by atoms with Crippen LogP contribution in [0.3, 0.4) is 0 Å². The standard InChI is InChI=1S/C17H11ClN2O4/c1-10-4-2-3-5-11(10)8-15-17(21)24-16(19-15)13-9-12(20(22)23)6-7-14(13)18/h2-9H,1H3/b15-8-. The summed E-state index contributed by atoms with van der Waals surface area (Å²) < 4.78 is 5.12. The third-order valence-corrected chi connectivity index (χ3v) is 3.82. The predicted octanol–water partition coefficient (Wildman–Crippen LogP) is 3.90. The van der Waals surface area contributed by atoms with Gasteiger partial charge in [-0.1, -0.05) is 35.9 Å². The molecule has 0 saturated carbocycles. The van der Waals surface area contributed by atoms with Crippen LogP contribution in [0.15, 0.2) is 53.2 Å². The number of carbonyl (C=O) groups excluding carboxylic acids is 1. The molecule has 1 aliphatic rings. The average Bonchev–Trinajstić information content (AvgIpc) is 2.90. The highest BCUT2D eigenvalue weighted by Gasteiger charge is 2.27. The monoisotopic (exact) mass is 342 g/mol. The van der Waals surface area contributed by atoms with E-state index in [1.165, 1.54) is 18.2 Å². The number of benzene rings is 2. The van der Waals surface area contributed by atoms with E-state index in [2.05, 4.69) is 4.99 Å². The van der Waals surface area contributed by atoms with E-state index in [0.29, 0.717) is 0 Å². The van der Waals surface area contributed by atoms with Gasteiger partial charge in [0.25, 0.3) is 5.69 Å². The first kappa shape index (κ1) is 15.9. The van der Waals surface area contributed by atoms with Crippen LogP contribution in [0.1, 0.15) is 16.7 Å². The second-order valence-electron chi connectivity index (χ2n) is 5.11. The molecule has 7 heteroatoms. The summed E-state index contributed by atoms with van der Waals surface area (Å²) in [7, 11) is 0. The first-order valence-electron chi connectivity index (χ1n) is 6.98. The number of nitro benzene ring substituents is 1. The number of nitro groups is 1. The Labute approximate surface area is 142 Å². The summed E-state index contributed by atoms with van der Waals surface area (Å²) >= 11 is 6.05. The van der Waals surface area contributed by atoms with E-state index in [9.17, 15) is 14.9 Å². The normalized spacial score (nSPS) is 15.3. The van der Waals surface area contributed by atoms with Crippen molar-refractivity contribution < 1.29 is 14.5 Å². The molecule has 0 N–H and O–H groups in total. The van der Waals surface area contributed by atoms with Gasteiger partial charge in [-0.2, -0.15) is 0 Å². The number of rotatable bonds is 3. The van der Waals surface area contributed by atoms with Crippen molar-refractivity contribution in [2.45, 2.75) is 6.92 Å². The number of nitrogens with zero attached hydrogens (tertiary/aromatic N) is 2. The zero-order valence-electron chi connectivity index (χ0n) is 12.5. The molecule has 120 valence electrons. The van der Waals surface area contributed by atoms with E-state index in [1.54, 1.807) is 6.08 Å². The number of halogens is 1. The zero-order valence-corrected chi connectivity index (χ0v) is 13.3. The van der Waals surface area contributed by atoms with Gasteiger partial charge in [0.05, 0.1) is 15.5 Å². The zero-order chi connectivity index (χ0) is 17.3. The Bertz CT molecular complexity index is 919. The fourth-order valence-corrected chi connectivity index (χ4v) is 2.41. The number of ether oxygens (including phenoxy) is 1. The lowest BCUT2D eigenvalue weighted by molar-refractivity contribution is -0.384. The number of non-ortho nitro benzene ring substituents is 1. The molecule has 0 atom stereocenters. The minimum atomic E-state index is -0.629. The van der Waals surface area contributed by atoms with Gasteiger partial charge >= 0.3 is 5.97 Å². The smallest absolute Gasteiger partial charge is 0.363 e. The highest BCUT2D eigenvalue weighted by molar-refractivity contribution is 6.34. The molecule has 24 heavy (non-hydrogen) atoms. The summed E-state index contributed by atoms with van der Waals surface area (Å²) in [6, 6.07) is 11.4. The number of carbonyl (C=O) groups is 1. The van der Waals surface area contributed by atoms with Crippen molar-refractivity contribution in [3.63, 3.8) is 0 Å². The third-order valence-electron chi connectivity index (χ3n) is 3.49. The molecule has 6 nitrogen and oxygen atoms in total. The summed E-state index contributed by atoms with van der Waals surface area (Å²) in [4.78, 5) is 26.5. The molecule has 2 aromatic carbocycles. The van der Waals surface area contributed by atoms with Crippen LogP contribution in [0.25, 0.3) is 6.08 Å². The first-order chi connectivity index (χ1) is 11.5. The van der Waals surface area contributed by atoms with E-state index in [-0.39, 0.29) is 27.9 Å². The van der Waals surface area contributed by atoms with Crippen molar-refractivity contribution >= 4 is 35.2 Å². The molecule has 0 saturated heterocycles. The average molecular weight is 343 g/mol. The van der Waals surface area contributed by atoms with Gasteiger partial charge in [-0.3, -0.25) is 10.1 Å². The minimum absolute atomic E-state index is 0.0477. The predicted molar refractivity (Wildman–Crippen MR) is 89.9 cm³/mol. The Morgan fingerprint density at radius 1 is 1.25 bits per heavy atom. The van der Waals surface area contributed by atoms with E-state index in [0.717, 1.165) is 11.1 Å². The molecule has 0 radical (unpaired) electrons. The Morgan fingerprint density at radius 2 is 2.00 bits per heavy atom. The largest absolute Gasteiger partial charge is 0.402 e. The van der Waals surface area contributed by atoms with E-state index in [4.69, 9.17) is 16.3 Å². The number of aryl methyl sites for hydroxylation is 1. The van der Waals surface area contributed by atoms with Crippen LogP contribution in [0.4, 0.5) is 5.69 Å². The lowest BCUT2D eigenvalue weighted by Crippen LogP contribution is -2.06. The molecular formula is C17H11ClN2O4. The van der Waals surface area contributed by atoms with Crippen molar-refractivity contribution in [1.29, 1.82) is 0 Å². The first-order valence-corrected chi connectivity index (χ1v) is 7.36. The van der Waals surface area contributed by atoms with Crippen LogP contribution in [0.5, 0.6) is 0 Å². The molecule has 0 amide bonds. The molecule has 1 heterocycles. The fourth-order valence-electron chi connectivity index (χ4n) is 2.21. The lowest BCUT2D eigenvalue weighted by Gasteiger charge is -2.02. The van der Waals surface area contributed by atoms with Crippen molar-refractivity contribution in [1.82, 2.24) is 0 Å². The van der Waals surface area contributed by atoms with E-state index >= 15 is 0 Å². The number of hydrogen-bond donors (Lipinski definition) is 0. The maximum absolute atomic E-state index is 12.0. The van der Waals surface area contributed by atoms with Gasteiger partial charge in [-0.25, -0.2) is 9.79 Å². The van der Waals surface area contributed by atoms with Crippen LogP contribution < -0.4 is 0 Å². The number of aliphatic imine (C=N–C) groups is 1. The van der Waals surface area contributed by atoms with Crippen molar-refractivity contribution in [3.8, 4) is 0 Å². The molecule has 0 aromatic heterocycles. The quantitative estimate of drug-likeness (QED) is 0.366. The van der Waals surface area contributed by atoms with Crippen LogP contribution >= 0.6 is 11.6 Å². The van der Waals surface area contributed by atoms with Gasteiger partial charge < -0.3 is 4.74 Å². The molecule has 0 bridgehead atoms. The fraction of sp³-hybridized carbons (Fsp3) is 0.0588. The van der Waals surface area contributed by atoms with Crippen LogP contribution in [-0.4, -0.2) is 16.8 Å². The molecule has 3 rings (SSSR count). The van der Waals surface area contributed by atoms with Crippen molar-refractivity contribution in [2.75, 3.05) is 0 Å². The van der Waals surface area contributed by atoms with Gasteiger partial charge in [-0.05, 0) is 30.2 Å². The second kappa shape index (κ2) is 6.25. The van der Waals surface area contributed by atoms with Gasteiger partial charge in [0.2, 0.25) is 5.90 Å². The van der Waals surface area contributed by atoms with Crippen LogP contribution in [0.2, 0.25) is 5.02 Å². The maximum atomic E-state index is 12.0. The van der Waals surface area contributed by atoms with Crippen LogP contribution in [0, 0.1) is 17.0 Å². The summed E-state index contributed by atoms with van der Waals surface area (Å²) in [6.45, 7) is 1.91. The Hall–Kier alpha value is -2.99. The second-order valence-corrected chi connectivity index (χ2v) is 5.52. The number of esters is 1. The third kappa shape index (κ3) is 3.04. The maximum Gasteiger partial charge on any atom is 0.363 e. The molecular weight excluding hydrogens is 332 g/mol. The van der Waals surface area contributed by atoms with E-state index < -0.39 is 10.9 Å². The Morgan fingerprint density at radius 3 is 2.71 bits per heavy atom. The molecule has 0 fully saturated rings. The minimum Gasteiger partial charge on any atom is -0.402 e. The van der Waals surface area contributed by atoms with Crippen molar-refractivity contribution in [2.24, 2.45) is 4.99 Å². The van der Waals surface area contributed by atoms with Crippen LogP contribution in [-0.2, 0) is 9.53 Å². The molecule has 0 aliphatic carbocycles. The Balaban J connectivity index is 2.03.